The van der Waals surface area contributed by atoms with Crippen molar-refractivity contribution in [1.82, 2.24) is 5.32 Å². The molecule has 0 fully saturated rings. The summed E-state index contributed by atoms with van der Waals surface area (Å²) in [6.07, 6.45) is -0.485. The van der Waals surface area contributed by atoms with E-state index >= 15 is 0 Å². The Hall–Kier alpha value is -1.42. The van der Waals surface area contributed by atoms with E-state index in [1.165, 1.54) is 12.1 Å². The Bertz CT molecular complexity index is 393. The van der Waals surface area contributed by atoms with Crippen molar-refractivity contribution in [3.05, 3.63) is 35.6 Å². The molecule has 1 rings (SSSR count). The van der Waals surface area contributed by atoms with E-state index in [9.17, 15) is 9.18 Å². The minimum Gasteiger partial charge on any atom is -0.368 e. The van der Waals surface area contributed by atoms with E-state index < -0.39 is 6.10 Å². The van der Waals surface area contributed by atoms with Gasteiger partial charge in [0.2, 0.25) is 5.91 Å². The maximum absolute atomic E-state index is 12.9. The van der Waals surface area contributed by atoms with Crippen LogP contribution in [-0.2, 0) is 16.1 Å². The third-order valence-electron chi connectivity index (χ3n) is 2.40. The zero-order chi connectivity index (χ0) is 13.5. The van der Waals surface area contributed by atoms with Crippen LogP contribution in [0.4, 0.5) is 4.39 Å². The molecule has 0 spiro atoms. The van der Waals surface area contributed by atoms with E-state index in [-0.39, 0.29) is 11.7 Å². The van der Waals surface area contributed by atoms with Crippen LogP contribution < -0.4 is 5.32 Å². The van der Waals surface area contributed by atoms with Crippen LogP contribution in [0.1, 0.15) is 26.3 Å². The summed E-state index contributed by atoms with van der Waals surface area (Å²) >= 11 is 0. The first-order valence-corrected chi connectivity index (χ1v) is 6.12. The lowest BCUT2D eigenvalue weighted by atomic mass is 10.2. The Morgan fingerprint density at radius 3 is 2.72 bits per heavy atom. The molecule has 1 aromatic rings. The lowest BCUT2D eigenvalue weighted by Gasteiger charge is -2.14. The van der Waals surface area contributed by atoms with Crippen LogP contribution in [0.3, 0.4) is 0 Å². The average molecular weight is 253 g/mol. The quantitative estimate of drug-likeness (QED) is 0.846. The molecule has 1 amide bonds. The smallest absolute Gasteiger partial charge is 0.249 e. The Morgan fingerprint density at radius 2 is 2.11 bits per heavy atom. The van der Waals surface area contributed by atoms with Gasteiger partial charge < -0.3 is 10.1 Å². The minimum absolute atomic E-state index is 0.181. The standard InChI is InChI=1S/C14H20FNO2/c1-10(2)9-18-11(3)14(17)16-8-12-5-4-6-13(15)7-12/h4-7,10-11H,8-9H2,1-3H3,(H,16,17)/t11-/m0/s1. The van der Waals surface area contributed by atoms with Crippen molar-refractivity contribution in [3.63, 3.8) is 0 Å². The molecule has 18 heavy (non-hydrogen) atoms. The van der Waals surface area contributed by atoms with E-state index in [2.05, 4.69) is 5.32 Å². The summed E-state index contributed by atoms with van der Waals surface area (Å²) in [6.45, 7) is 6.62. The zero-order valence-electron chi connectivity index (χ0n) is 11.1. The highest BCUT2D eigenvalue weighted by Crippen LogP contribution is 2.03. The van der Waals surface area contributed by atoms with E-state index in [1.807, 2.05) is 13.8 Å². The number of carbonyl (C=O) groups excluding carboxylic acids is 1. The molecule has 0 heterocycles. The van der Waals surface area contributed by atoms with Gasteiger partial charge in [0.1, 0.15) is 11.9 Å². The van der Waals surface area contributed by atoms with Gasteiger partial charge in [-0.2, -0.15) is 0 Å². The first kappa shape index (κ1) is 14.6. The fourth-order valence-electron chi connectivity index (χ4n) is 1.39. The third kappa shape index (κ3) is 5.27. The van der Waals surface area contributed by atoms with Crippen molar-refractivity contribution < 1.29 is 13.9 Å². The molecule has 0 aliphatic heterocycles. The molecule has 1 aromatic carbocycles. The molecule has 0 aromatic heterocycles. The molecular formula is C14H20FNO2. The van der Waals surface area contributed by atoms with Crippen molar-refractivity contribution in [2.45, 2.75) is 33.4 Å². The van der Waals surface area contributed by atoms with Crippen LogP contribution >= 0.6 is 0 Å². The maximum atomic E-state index is 12.9. The lowest BCUT2D eigenvalue weighted by Crippen LogP contribution is -2.34. The summed E-state index contributed by atoms with van der Waals surface area (Å²) in [5.41, 5.74) is 0.736. The summed E-state index contributed by atoms with van der Waals surface area (Å²) in [5.74, 6) is -0.0887. The number of ether oxygens (including phenoxy) is 1. The molecule has 0 aliphatic rings. The molecule has 0 bridgehead atoms. The van der Waals surface area contributed by atoms with Gasteiger partial charge in [-0.3, -0.25) is 4.79 Å². The molecular weight excluding hydrogens is 233 g/mol. The lowest BCUT2D eigenvalue weighted by molar-refractivity contribution is -0.132. The second kappa shape index (κ2) is 7.11. The van der Waals surface area contributed by atoms with Gasteiger partial charge >= 0.3 is 0 Å². The molecule has 1 atom stereocenters. The largest absolute Gasteiger partial charge is 0.368 e. The second-order valence-corrected chi connectivity index (χ2v) is 4.72. The molecule has 0 aliphatic carbocycles. The first-order valence-electron chi connectivity index (χ1n) is 6.12. The molecule has 0 saturated carbocycles. The predicted octanol–water partition coefficient (Wildman–Crippen LogP) is 2.50. The second-order valence-electron chi connectivity index (χ2n) is 4.72. The monoisotopic (exact) mass is 253 g/mol. The van der Waals surface area contributed by atoms with Crippen molar-refractivity contribution in [1.29, 1.82) is 0 Å². The number of rotatable bonds is 6. The number of halogens is 1. The SMILES string of the molecule is CC(C)CO[C@@H](C)C(=O)NCc1cccc(F)c1. The van der Waals surface area contributed by atoms with Crippen LogP contribution in [0.25, 0.3) is 0 Å². The number of nitrogens with one attached hydrogen (secondary N) is 1. The Labute approximate surface area is 107 Å². The summed E-state index contributed by atoms with van der Waals surface area (Å²) in [6, 6.07) is 6.16. The molecule has 3 nitrogen and oxygen atoms in total. The molecule has 0 radical (unpaired) electrons. The summed E-state index contributed by atoms with van der Waals surface area (Å²) in [7, 11) is 0. The van der Waals surface area contributed by atoms with E-state index in [1.54, 1.807) is 19.1 Å². The van der Waals surface area contributed by atoms with Gasteiger partial charge in [-0.05, 0) is 30.5 Å². The van der Waals surface area contributed by atoms with Gasteiger partial charge in [0.25, 0.3) is 0 Å². The van der Waals surface area contributed by atoms with Gasteiger partial charge in [0.05, 0.1) is 0 Å². The minimum atomic E-state index is -0.485. The van der Waals surface area contributed by atoms with Crippen LogP contribution in [-0.4, -0.2) is 18.6 Å². The number of hydrogen-bond donors (Lipinski definition) is 1. The molecule has 0 saturated heterocycles. The number of amides is 1. The molecule has 0 unspecified atom stereocenters. The molecule has 4 heteroatoms. The normalized spacial score (nSPS) is 12.5. The van der Waals surface area contributed by atoms with Gasteiger partial charge in [-0.1, -0.05) is 26.0 Å². The predicted molar refractivity (Wildman–Crippen MR) is 68.5 cm³/mol. The Balaban J connectivity index is 2.36. The van der Waals surface area contributed by atoms with Crippen molar-refractivity contribution >= 4 is 5.91 Å². The molecule has 1 N–H and O–H groups in total. The zero-order valence-corrected chi connectivity index (χ0v) is 11.1. The van der Waals surface area contributed by atoms with E-state index in [0.29, 0.717) is 19.1 Å². The number of carbonyl (C=O) groups is 1. The van der Waals surface area contributed by atoms with Gasteiger partial charge in [-0.25, -0.2) is 4.39 Å². The van der Waals surface area contributed by atoms with E-state index in [0.717, 1.165) is 5.56 Å². The van der Waals surface area contributed by atoms with Crippen LogP contribution in [0.2, 0.25) is 0 Å². The summed E-state index contributed by atoms with van der Waals surface area (Å²) in [4.78, 5) is 11.7. The van der Waals surface area contributed by atoms with Crippen LogP contribution in [0, 0.1) is 11.7 Å². The molecule has 100 valence electrons. The average Bonchev–Trinajstić information content (AvgIpc) is 2.33. The van der Waals surface area contributed by atoms with E-state index in [4.69, 9.17) is 4.74 Å². The maximum Gasteiger partial charge on any atom is 0.249 e. The third-order valence-corrected chi connectivity index (χ3v) is 2.40. The van der Waals surface area contributed by atoms with Crippen LogP contribution in [0.15, 0.2) is 24.3 Å². The summed E-state index contributed by atoms with van der Waals surface area (Å²) in [5, 5.41) is 2.72. The highest BCUT2D eigenvalue weighted by molar-refractivity contribution is 5.80. The van der Waals surface area contributed by atoms with Crippen molar-refractivity contribution in [3.8, 4) is 0 Å². The Kier molecular flexibility index (Phi) is 5.78. The van der Waals surface area contributed by atoms with Gasteiger partial charge in [-0.15, -0.1) is 0 Å². The van der Waals surface area contributed by atoms with Gasteiger partial charge in [0.15, 0.2) is 0 Å². The summed E-state index contributed by atoms with van der Waals surface area (Å²) < 4.78 is 18.3. The number of benzene rings is 1. The highest BCUT2D eigenvalue weighted by atomic mass is 19.1. The topological polar surface area (TPSA) is 38.3 Å². The highest BCUT2D eigenvalue weighted by Gasteiger charge is 2.13. The first-order chi connectivity index (χ1) is 8.49. The Morgan fingerprint density at radius 1 is 1.39 bits per heavy atom. The fourth-order valence-corrected chi connectivity index (χ4v) is 1.39. The number of hydrogen-bond acceptors (Lipinski definition) is 2. The van der Waals surface area contributed by atoms with Crippen LogP contribution in [0.5, 0.6) is 0 Å². The van der Waals surface area contributed by atoms with Crippen molar-refractivity contribution in [2.75, 3.05) is 6.61 Å². The van der Waals surface area contributed by atoms with Crippen molar-refractivity contribution in [2.24, 2.45) is 5.92 Å². The van der Waals surface area contributed by atoms with Gasteiger partial charge in [0, 0.05) is 13.2 Å². The fraction of sp³-hybridized carbons (Fsp3) is 0.500.